The van der Waals surface area contributed by atoms with E-state index in [1.165, 1.54) is 0 Å². The van der Waals surface area contributed by atoms with Crippen molar-refractivity contribution in [3.63, 3.8) is 0 Å². The number of aliphatic carboxylic acids is 1. The number of carbonyl (C=O) groups is 1. The molecule has 5 nitrogen and oxygen atoms in total. The van der Waals surface area contributed by atoms with E-state index in [0.717, 1.165) is 5.69 Å². The Kier molecular flexibility index (Phi) is 3.24. The van der Waals surface area contributed by atoms with Gasteiger partial charge in [0, 0.05) is 19.7 Å². The van der Waals surface area contributed by atoms with E-state index in [1.807, 2.05) is 17.8 Å². The Morgan fingerprint density at radius 3 is 2.71 bits per heavy atom. The number of carboxylic acid groups (broad SMARTS) is 1. The second-order valence-corrected chi connectivity index (χ2v) is 3.55. The monoisotopic (exact) mass is 197 g/mol. The van der Waals surface area contributed by atoms with E-state index in [4.69, 9.17) is 5.11 Å². The molecule has 78 valence electrons. The number of aromatic nitrogens is 2. The van der Waals surface area contributed by atoms with Gasteiger partial charge in [-0.05, 0) is 14.1 Å². The Bertz CT molecular complexity index is 320. The fourth-order valence-electron chi connectivity index (χ4n) is 1.26. The third-order valence-corrected chi connectivity index (χ3v) is 2.07. The van der Waals surface area contributed by atoms with Crippen molar-refractivity contribution in [2.24, 2.45) is 7.05 Å². The molecular weight excluding hydrogens is 182 g/mol. The number of imidazole rings is 1. The molecule has 0 aromatic carbocycles. The molecule has 14 heavy (non-hydrogen) atoms. The Morgan fingerprint density at radius 2 is 2.36 bits per heavy atom. The van der Waals surface area contributed by atoms with Gasteiger partial charge in [0.25, 0.3) is 0 Å². The number of rotatable bonds is 4. The van der Waals surface area contributed by atoms with Gasteiger partial charge in [0.1, 0.15) is 6.04 Å². The molecule has 5 heteroatoms. The lowest BCUT2D eigenvalue weighted by Gasteiger charge is -2.18. The molecule has 1 aromatic rings. The van der Waals surface area contributed by atoms with Crippen molar-refractivity contribution in [3.8, 4) is 0 Å². The highest BCUT2D eigenvalue weighted by atomic mass is 16.4. The summed E-state index contributed by atoms with van der Waals surface area (Å²) in [6.45, 7) is 0. The second kappa shape index (κ2) is 4.23. The van der Waals surface area contributed by atoms with Crippen LogP contribution < -0.4 is 0 Å². The number of hydrogen-bond donors (Lipinski definition) is 1. The summed E-state index contributed by atoms with van der Waals surface area (Å²) in [5, 5.41) is 8.94. The average Bonchev–Trinajstić information content (AvgIpc) is 2.46. The number of aryl methyl sites for hydroxylation is 1. The quantitative estimate of drug-likeness (QED) is 0.736. The number of likely N-dealkylation sites (N-methyl/N-ethyl adjacent to an activating group) is 1. The van der Waals surface area contributed by atoms with Crippen molar-refractivity contribution < 1.29 is 9.90 Å². The lowest BCUT2D eigenvalue weighted by molar-refractivity contribution is -0.142. The smallest absolute Gasteiger partial charge is 0.321 e. The third kappa shape index (κ3) is 2.56. The third-order valence-electron chi connectivity index (χ3n) is 2.07. The van der Waals surface area contributed by atoms with Gasteiger partial charge in [-0.3, -0.25) is 9.69 Å². The van der Waals surface area contributed by atoms with Crippen molar-refractivity contribution in [2.45, 2.75) is 12.5 Å². The van der Waals surface area contributed by atoms with E-state index in [2.05, 4.69) is 4.98 Å². The zero-order chi connectivity index (χ0) is 10.7. The zero-order valence-electron chi connectivity index (χ0n) is 8.64. The van der Waals surface area contributed by atoms with E-state index in [1.54, 1.807) is 25.3 Å². The zero-order valence-corrected chi connectivity index (χ0v) is 8.64. The van der Waals surface area contributed by atoms with Crippen LogP contribution in [0.1, 0.15) is 5.69 Å². The summed E-state index contributed by atoms with van der Waals surface area (Å²) in [5.74, 6) is -0.819. The SMILES string of the molecule is CN(C)[C@@H](Cc1cn(C)cn1)C(=O)O. The van der Waals surface area contributed by atoms with Crippen molar-refractivity contribution >= 4 is 5.97 Å². The lowest BCUT2D eigenvalue weighted by Crippen LogP contribution is -2.37. The molecule has 0 unspecified atom stereocenters. The molecule has 0 saturated heterocycles. The van der Waals surface area contributed by atoms with Gasteiger partial charge in [0.15, 0.2) is 0 Å². The summed E-state index contributed by atoms with van der Waals surface area (Å²) in [7, 11) is 5.37. The summed E-state index contributed by atoms with van der Waals surface area (Å²) in [5.41, 5.74) is 0.800. The minimum Gasteiger partial charge on any atom is -0.480 e. The highest BCUT2D eigenvalue weighted by Gasteiger charge is 2.20. The van der Waals surface area contributed by atoms with Crippen LogP contribution in [0.15, 0.2) is 12.5 Å². The molecule has 0 fully saturated rings. The summed E-state index contributed by atoms with van der Waals surface area (Å²) in [6.07, 6.45) is 3.94. The first-order valence-corrected chi connectivity index (χ1v) is 4.36. The Balaban J connectivity index is 2.69. The van der Waals surface area contributed by atoms with Crippen molar-refractivity contribution in [3.05, 3.63) is 18.2 Å². The number of carboxylic acids is 1. The molecule has 0 amide bonds. The molecule has 0 spiro atoms. The maximum absolute atomic E-state index is 10.9. The first kappa shape index (κ1) is 10.7. The van der Waals surface area contributed by atoms with E-state index >= 15 is 0 Å². The first-order chi connectivity index (χ1) is 6.50. The van der Waals surface area contributed by atoms with Crippen LogP contribution in [-0.4, -0.2) is 45.7 Å². The van der Waals surface area contributed by atoms with Gasteiger partial charge < -0.3 is 9.67 Å². The van der Waals surface area contributed by atoms with E-state index in [0.29, 0.717) is 6.42 Å². The molecule has 1 rings (SSSR count). The van der Waals surface area contributed by atoms with Crippen LogP contribution in [0.3, 0.4) is 0 Å². The molecule has 1 heterocycles. The molecule has 0 saturated carbocycles. The molecule has 1 atom stereocenters. The van der Waals surface area contributed by atoms with Crippen LogP contribution in [0.2, 0.25) is 0 Å². The molecule has 0 aliphatic rings. The molecule has 1 N–H and O–H groups in total. The van der Waals surface area contributed by atoms with Crippen LogP contribution in [0.25, 0.3) is 0 Å². The number of hydrogen-bond acceptors (Lipinski definition) is 3. The van der Waals surface area contributed by atoms with Gasteiger partial charge in [0.2, 0.25) is 0 Å². The van der Waals surface area contributed by atoms with Crippen LogP contribution >= 0.6 is 0 Å². The van der Waals surface area contributed by atoms with Gasteiger partial charge >= 0.3 is 5.97 Å². The predicted molar refractivity (Wildman–Crippen MR) is 52.0 cm³/mol. The molecular formula is C9H15N3O2. The Hall–Kier alpha value is -1.36. The fraction of sp³-hybridized carbons (Fsp3) is 0.556. The highest BCUT2D eigenvalue weighted by Crippen LogP contribution is 2.04. The van der Waals surface area contributed by atoms with E-state index < -0.39 is 12.0 Å². The average molecular weight is 197 g/mol. The van der Waals surface area contributed by atoms with Gasteiger partial charge in [-0.2, -0.15) is 0 Å². The topological polar surface area (TPSA) is 58.4 Å². The highest BCUT2D eigenvalue weighted by molar-refractivity contribution is 5.73. The van der Waals surface area contributed by atoms with Gasteiger partial charge in [-0.15, -0.1) is 0 Å². The standard InChI is InChI=1S/C9H15N3O2/c1-11(2)8(9(13)14)4-7-5-12(3)6-10-7/h5-6,8H,4H2,1-3H3,(H,13,14)/t8-/m0/s1. The van der Waals surface area contributed by atoms with Crippen molar-refractivity contribution in [2.75, 3.05) is 14.1 Å². The molecule has 0 aliphatic carbocycles. The molecule has 0 bridgehead atoms. The maximum atomic E-state index is 10.9. The minimum absolute atomic E-state index is 0.434. The summed E-state index contributed by atoms with van der Waals surface area (Å²) in [4.78, 5) is 16.6. The van der Waals surface area contributed by atoms with Crippen LogP contribution in [0.5, 0.6) is 0 Å². The van der Waals surface area contributed by atoms with Crippen molar-refractivity contribution in [1.29, 1.82) is 0 Å². The predicted octanol–water partition coefficient (Wildman–Crippen LogP) is -0.0226. The molecule has 1 aromatic heterocycles. The Morgan fingerprint density at radius 1 is 1.71 bits per heavy atom. The van der Waals surface area contributed by atoms with Crippen LogP contribution in [0, 0.1) is 0 Å². The Labute approximate surface area is 83.0 Å². The van der Waals surface area contributed by atoms with E-state index in [9.17, 15) is 4.79 Å². The first-order valence-electron chi connectivity index (χ1n) is 4.36. The van der Waals surface area contributed by atoms with Crippen LogP contribution in [0.4, 0.5) is 0 Å². The van der Waals surface area contributed by atoms with Crippen LogP contribution in [-0.2, 0) is 18.3 Å². The molecule has 0 aliphatic heterocycles. The summed E-state index contributed by atoms with van der Waals surface area (Å²) < 4.78 is 1.81. The fourth-order valence-corrected chi connectivity index (χ4v) is 1.26. The summed E-state index contributed by atoms with van der Waals surface area (Å²) >= 11 is 0. The van der Waals surface area contributed by atoms with Gasteiger partial charge in [0.05, 0.1) is 12.0 Å². The van der Waals surface area contributed by atoms with Gasteiger partial charge in [-0.25, -0.2) is 4.98 Å². The van der Waals surface area contributed by atoms with E-state index in [-0.39, 0.29) is 0 Å². The van der Waals surface area contributed by atoms with Crippen molar-refractivity contribution in [1.82, 2.24) is 14.5 Å². The number of nitrogens with zero attached hydrogens (tertiary/aromatic N) is 3. The normalized spacial score (nSPS) is 13.1. The van der Waals surface area contributed by atoms with Gasteiger partial charge in [-0.1, -0.05) is 0 Å². The maximum Gasteiger partial charge on any atom is 0.321 e. The largest absolute Gasteiger partial charge is 0.480 e. The second-order valence-electron chi connectivity index (χ2n) is 3.55. The summed E-state index contributed by atoms with van der Waals surface area (Å²) in [6, 6.07) is -0.509. The molecule has 0 radical (unpaired) electrons. The minimum atomic E-state index is -0.819. The lowest BCUT2D eigenvalue weighted by atomic mass is 10.1.